The second-order valence-electron chi connectivity index (χ2n) is 5.46. The summed E-state index contributed by atoms with van der Waals surface area (Å²) >= 11 is 0. The molecule has 2 aromatic rings. The molecule has 2 aromatic heterocycles. The molecule has 12 nitrogen and oxygen atoms in total. The average Bonchev–Trinajstić information content (AvgIpc) is 3.05. The molecule has 1 unspecified atom stereocenters. The van der Waals surface area contributed by atoms with Gasteiger partial charge in [0.2, 0.25) is 5.95 Å². The third kappa shape index (κ3) is 3.46. The Balaban J connectivity index is 1.94. The second-order valence-corrected chi connectivity index (χ2v) is 7.05. The van der Waals surface area contributed by atoms with E-state index >= 15 is 0 Å². The molecule has 0 amide bonds. The number of aliphatic hydroxyl groups excluding tert-OH is 1. The molecule has 1 fully saturated rings. The number of nitrogens with one attached hydrogen (secondary N) is 1. The number of aromatic amines is 1. The Morgan fingerprint density at radius 1 is 1.52 bits per heavy atom. The molecule has 3 rings (SSSR count). The molecule has 0 saturated carbocycles. The van der Waals surface area contributed by atoms with Crippen LogP contribution in [0.4, 0.5) is 5.95 Å². The Bertz CT molecular complexity index is 876. The molecule has 0 aromatic carbocycles. The van der Waals surface area contributed by atoms with Gasteiger partial charge in [-0.2, -0.15) is 4.98 Å². The topological polar surface area (TPSA) is 182 Å². The number of hydrogen-bond donors (Lipinski definition) is 5. The Labute approximate surface area is 140 Å². The van der Waals surface area contributed by atoms with Gasteiger partial charge in [-0.3, -0.25) is 14.3 Å². The van der Waals surface area contributed by atoms with Crippen LogP contribution in [-0.4, -0.2) is 61.4 Å². The molecule has 13 heteroatoms. The first kappa shape index (κ1) is 18.0. The van der Waals surface area contributed by atoms with Crippen molar-refractivity contribution in [3.63, 3.8) is 0 Å². The molecule has 6 N–H and O–H groups in total. The number of nitrogens with two attached hydrogens (primary N) is 1. The highest BCUT2D eigenvalue weighted by molar-refractivity contribution is 7.51. The third-order valence-corrected chi connectivity index (χ3v) is 4.21. The van der Waals surface area contributed by atoms with Gasteiger partial charge in [0.15, 0.2) is 24.5 Å². The van der Waals surface area contributed by atoms with Crippen molar-refractivity contribution < 1.29 is 33.7 Å². The number of anilines is 1. The summed E-state index contributed by atoms with van der Waals surface area (Å²) in [4.78, 5) is 36.1. The molecule has 1 aliphatic rings. The van der Waals surface area contributed by atoms with Crippen molar-refractivity contribution in [3.05, 3.63) is 22.6 Å². The first-order chi connectivity index (χ1) is 11.7. The van der Waals surface area contributed by atoms with Crippen LogP contribution in [0.5, 0.6) is 0 Å². The van der Waals surface area contributed by atoms with Crippen molar-refractivity contribution in [3.8, 4) is 0 Å². The lowest BCUT2D eigenvalue weighted by atomic mass is 10.2. The van der Waals surface area contributed by atoms with Crippen molar-refractivity contribution in [1.82, 2.24) is 14.5 Å². The zero-order valence-electron chi connectivity index (χ0n) is 13.0. The summed E-state index contributed by atoms with van der Waals surface area (Å²) < 4.78 is 28.1. The maximum Gasteiger partial charge on any atom is 0.351 e. The van der Waals surface area contributed by atoms with Crippen LogP contribution in [-0.2, 0) is 18.8 Å². The molecule has 3 heterocycles. The highest BCUT2D eigenvalue weighted by Crippen LogP contribution is 2.38. The van der Waals surface area contributed by atoms with Gasteiger partial charge in [0.25, 0.3) is 5.56 Å². The lowest BCUT2D eigenvalue weighted by Crippen LogP contribution is -2.34. The smallest absolute Gasteiger partial charge is 0.351 e. The van der Waals surface area contributed by atoms with Crippen LogP contribution < -0.4 is 11.3 Å². The van der Waals surface area contributed by atoms with E-state index in [2.05, 4.69) is 9.97 Å². The predicted octanol–water partition coefficient (Wildman–Crippen LogP) is -1.31. The van der Waals surface area contributed by atoms with Gasteiger partial charge in [-0.1, -0.05) is 0 Å². The molecule has 4 atom stereocenters. The van der Waals surface area contributed by atoms with Gasteiger partial charge in [-0.25, -0.2) is 0 Å². The lowest BCUT2D eigenvalue weighted by molar-refractivity contribution is -0.167. The number of methoxy groups -OCH3 is 1. The molecule has 1 saturated heterocycles. The van der Waals surface area contributed by atoms with E-state index in [0.29, 0.717) is 0 Å². The molecule has 0 aliphatic carbocycles. The minimum Gasteiger partial charge on any atom is -0.385 e. The zero-order chi connectivity index (χ0) is 18.4. The fourth-order valence-electron chi connectivity index (χ4n) is 2.67. The first-order valence-electron chi connectivity index (χ1n) is 7.10. The van der Waals surface area contributed by atoms with E-state index < -0.39 is 44.2 Å². The number of fused-ring (bicyclic) bond motifs is 1. The second kappa shape index (κ2) is 6.50. The Morgan fingerprint density at radius 3 is 2.88 bits per heavy atom. The molecule has 25 heavy (non-hydrogen) atoms. The van der Waals surface area contributed by atoms with Crippen LogP contribution in [0.15, 0.2) is 17.1 Å². The van der Waals surface area contributed by atoms with E-state index in [-0.39, 0.29) is 17.0 Å². The highest BCUT2D eigenvalue weighted by Gasteiger charge is 2.46. The van der Waals surface area contributed by atoms with Gasteiger partial charge in [0, 0.05) is 13.3 Å². The largest absolute Gasteiger partial charge is 0.385 e. The normalized spacial score (nSPS) is 27.2. The Morgan fingerprint density at radius 2 is 2.24 bits per heavy atom. The van der Waals surface area contributed by atoms with Gasteiger partial charge >= 0.3 is 7.60 Å². The summed E-state index contributed by atoms with van der Waals surface area (Å²) in [6, 6.07) is 1.49. The summed E-state index contributed by atoms with van der Waals surface area (Å²) in [5, 5.41) is 10.5. The van der Waals surface area contributed by atoms with E-state index in [9.17, 15) is 14.5 Å². The molecule has 0 radical (unpaired) electrons. The Kier molecular flexibility index (Phi) is 4.68. The molecule has 0 bridgehead atoms. The molecular weight excluding hydrogens is 359 g/mol. The fourth-order valence-corrected chi connectivity index (χ4v) is 3.01. The number of aromatic nitrogens is 3. The van der Waals surface area contributed by atoms with Gasteiger partial charge in [0.05, 0.1) is 5.39 Å². The van der Waals surface area contributed by atoms with Crippen molar-refractivity contribution in [2.45, 2.75) is 24.7 Å². The average molecular weight is 376 g/mol. The predicted molar refractivity (Wildman–Crippen MR) is 83.5 cm³/mol. The van der Waals surface area contributed by atoms with E-state index in [1.165, 1.54) is 23.9 Å². The summed E-state index contributed by atoms with van der Waals surface area (Å²) in [5.41, 5.74) is 5.32. The van der Waals surface area contributed by atoms with Crippen molar-refractivity contribution in [2.24, 2.45) is 0 Å². The van der Waals surface area contributed by atoms with Crippen molar-refractivity contribution >= 4 is 24.6 Å². The number of nitrogens with zero attached hydrogens (tertiary/aromatic N) is 2. The van der Waals surface area contributed by atoms with Gasteiger partial charge in [0.1, 0.15) is 12.2 Å². The fraction of sp³-hybridized carbons (Fsp3) is 0.500. The van der Waals surface area contributed by atoms with Crippen LogP contribution in [0, 0.1) is 0 Å². The van der Waals surface area contributed by atoms with E-state index in [1.54, 1.807) is 0 Å². The zero-order valence-corrected chi connectivity index (χ0v) is 13.9. The molecule has 0 spiro atoms. The van der Waals surface area contributed by atoms with Crippen molar-refractivity contribution in [1.29, 1.82) is 0 Å². The highest BCUT2D eigenvalue weighted by atomic mass is 31.2. The van der Waals surface area contributed by atoms with Crippen LogP contribution in [0.2, 0.25) is 0 Å². The number of H-pyrrole nitrogens is 1. The van der Waals surface area contributed by atoms with E-state index in [1.807, 2.05) is 0 Å². The van der Waals surface area contributed by atoms with E-state index in [0.717, 1.165) is 0 Å². The van der Waals surface area contributed by atoms with Crippen LogP contribution in [0.1, 0.15) is 6.23 Å². The van der Waals surface area contributed by atoms with Crippen molar-refractivity contribution in [2.75, 3.05) is 19.2 Å². The van der Waals surface area contributed by atoms with Gasteiger partial charge in [-0.05, 0) is 6.07 Å². The van der Waals surface area contributed by atoms with Gasteiger partial charge in [-0.15, -0.1) is 0 Å². The monoisotopic (exact) mass is 376 g/mol. The molecule has 138 valence electrons. The number of aliphatic hydroxyl groups is 1. The number of nitrogen functional groups attached to an aromatic ring is 1. The van der Waals surface area contributed by atoms with Crippen LogP contribution >= 0.6 is 7.60 Å². The maximum absolute atomic E-state index is 11.9. The lowest BCUT2D eigenvalue weighted by Gasteiger charge is -2.20. The SMILES string of the molecule is CO[C@@H]1C(O)[C@@H](OCP(=O)(O)O)O[C@H]1n1ccc2c(=O)[nH]c(N)nc21. The quantitative estimate of drug-likeness (QED) is 0.393. The third-order valence-electron chi connectivity index (χ3n) is 3.72. The minimum atomic E-state index is -4.44. The van der Waals surface area contributed by atoms with Gasteiger partial charge < -0.3 is 39.4 Å². The molecular formula is C12H17N4O8P. The number of ether oxygens (including phenoxy) is 3. The summed E-state index contributed by atoms with van der Waals surface area (Å²) in [5.74, 6) is -0.0979. The number of rotatable bonds is 5. The summed E-state index contributed by atoms with van der Waals surface area (Å²) in [6.07, 6.45) is -3.96. The molecule has 1 aliphatic heterocycles. The first-order valence-corrected chi connectivity index (χ1v) is 8.90. The number of hydrogen-bond acceptors (Lipinski definition) is 8. The van der Waals surface area contributed by atoms with E-state index in [4.69, 9.17) is 29.7 Å². The minimum absolute atomic E-state index is 0.0979. The maximum atomic E-state index is 11.9. The van der Waals surface area contributed by atoms with Crippen LogP contribution in [0.3, 0.4) is 0 Å². The summed E-state index contributed by atoms with van der Waals surface area (Å²) in [7, 11) is -3.11. The summed E-state index contributed by atoms with van der Waals surface area (Å²) in [6.45, 7) is 0. The Hall–Kier alpha value is -1.79. The van der Waals surface area contributed by atoms with Crippen LogP contribution in [0.25, 0.3) is 11.0 Å². The standard InChI is InChI=1S/C12H17N4O8P/c1-22-7-6(17)11(23-4-25(19,20)21)24-10(7)16-3-2-5-8(16)14-12(13)15-9(5)18/h2-3,6-7,10-11,17H,4H2,1H3,(H2,19,20,21)(H3,13,14,15,18)/t6?,7-,10-,11+/m1/s1.